The molecule has 0 saturated carbocycles. The number of nitrogens with zero attached hydrogens (tertiary/aromatic N) is 1. The first-order valence-electron chi connectivity index (χ1n) is 3.97. The molecule has 2 rings (SSSR count). The molecule has 0 aliphatic heterocycles. The summed E-state index contributed by atoms with van der Waals surface area (Å²) in [5, 5.41) is 4.67. The molecule has 70 valence electrons. The van der Waals surface area contributed by atoms with Crippen LogP contribution in [0, 0.1) is 0 Å². The number of hydrogen-bond acceptors (Lipinski definition) is 2. The van der Waals surface area contributed by atoms with Gasteiger partial charge in [0.2, 0.25) is 0 Å². The quantitative estimate of drug-likeness (QED) is 0.526. The van der Waals surface area contributed by atoms with Crippen molar-refractivity contribution in [1.29, 1.82) is 0 Å². The summed E-state index contributed by atoms with van der Waals surface area (Å²) in [6.07, 6.45) is 0. The van der Waals surface area contributed by atoms with Crippen LogP contribution in [0.25, 0.3) is 10.8 Å². The molecule has 0 fully saturated rings. The van der Waals surface area contributed by atoms with Crippen LogP contribution in [0.15, 0.2) is 47.5 Å². The van der Waals surface area contributed by atoms with Gasteiger partial charge in [-0.15, -0.1) is 0 Å². The van der Waals surface area contributed by atoms with E-state index in [2.05, 4.69) is 34.5 Å². The fourth-order valence-electron chi connectivity index (χ4n) is 1.35. The van der Waals surface area contributed by atoms with Crippen molar-refractivity contribution < 1.29 is 0 Å². The molecule has 0 amide bonds. The first-order valence-corrected chi connectivity index (χ1v) is 4.38. The molecule has 0 aromatic heterocycles. The van der Waals surface area contributed by atoms with Crippen molar-refractivity contribution in [3.8, 4) is 0 Å². The second kappa shape index (κ2) is 4.91. The predicted molar refractivity (Wildman–Crippen MR) is 69.0 cm³/mol. The number of hydrogen-bond donors (Lipinski definition) is 0. The highest BCUT2D eigenvalue weighted by Gasteiger charge is 1.96. The topological polar surface area (TPSA) is 12.4 Å². The molecule has 2 aromatic rings. The first kappa shape index (κ1) is 10.9. The maximum absolute atomic E-state index is 4.58. The van der Waals surface area contributed by atoms with E-state index in [9.17, 15) is 0 Å². The molecular weight excluding hydrogens is 210 g/mol. The average molecular weight is 219 g/mol. The Morgan fingerprint density at radius 2 is 1.71 bits per heavy atom. The minimum atomic E-state index is 0. The number of rotatable bonds is 1. The highest BCUT2D eigenvalue weighted by Crippen LogP contribution is 2.24. The van der Waals surface area contributed by atoms with Crippen molar-refractivity contribution in [3.63, 3.8) is 0 Å². The zero-order valence-corrected chi connectivity index (χ0v) is 9.21. The Hall–Kier alpha value is -1.15. The number of thiocarbonyl (C=S) groups is 1. The van der Waals surface area contributed by atoms with Gasteiger partial charge in [0.25, 0.3) is 0 Å². The Morgan fingerprint density at radius 1 is 1.00 bits per heavy atom. The molecule has 0 N–H and O–H groups in total. The maximum Gasteiger partial charge on any atom is 0.0817 e. The third-order valence-electron chi connectivity index (χ3n) is 1.93. The Labute approximate surface area is 94.9 Å². The molecule has 2 aromatic carbocycles. The van der Waals surface area contributed by atoms with E-state index in [1.807, 2.05) is 30.3 Å². The van der Waals surface area contributed by atoms with E-state index in [1.165, 1.54) is 5.39 Å². The molecule has 0 spiro atoms. The summed E-state index contributed by atoms with van der Waals surface area (Å²) < 4.78 is 0. The van der Waals surface area contributed by atoms with Gasteiger partial charge in [-0.05, 0) is 23.7 Å². The van der Waals surface area contributed by atoms with Crippen LogP contribution in [0.5, 0.6) is 0 Å². The van der Waals surface area contributed by atoms with E-state index in [4.69, 9.17) is 0 Å². The van der Waals surface area contributed by atoms with Crippen LogP contribution in [-0.2, 0) is 0 Å². The van der Waals surface area contributed by atoms with E-state index in [0.29, 0.717) is 0 Å². The average Bonchev–Trinajstić information content (AvgIpc) is 2.19. The van der Waals surface area contributed by atoms with Crippen molar-refractivity contribution in [2.24, 2.45) is 4.99 Å². The highest BCUT2D eigenvalue weighted by atomic mass is 32.1. The molecule has 0 saturated heterocycles. The largest absolute Gasteiger partial charge is 0.197 e. The lowest BCUT2D eigenvalue weighted by atomic mass is 10.1. The van der Waals surface area contributed by atoms with Gasteiger partial charge in [0.05, 0.1) is 10.8 Å². The van der Waals surface area contributed by atoms with Gasteiger partial charge in [-0.3, -0.25) is 0 Å². The maximum atomic E-state index is 4.58. The Kier molecular flexibility index (Phi) is 3.84. The SMILES string of the molecule is S.S=C=Nc1cccc2ccccc12. The number of isothiocyanates is 1. The van der Waals surface area contributed by atoms with E-state index in [0.717, 1.165) is 11.1 Å². The predicted octanol–water partition coefficient (Wildman–Crippen LogP) is 3.69. The van der Waals surface area contributed by atoms with Crippen molar-refractivity contribution >= 4 is 47.3 Å². The van der Waals surface area contributed by atoms with Crippen LogP contribution < -0.4 is 0 Å². The van der Waals surface area contributed by atoms with Crippen molar-refractivity contribution in [3.05, 3.63) is 42.5 Å². The molecule has 14 heavy (non-hydrogen) atoms. The molecule has 3 heteroatoms. The molecular formula is C11H9NS2. The summed E-state index contributed by atoms with van der Waals surface area (Å²) in [7, 11) is 0. The van der Waals surface area contributed by atoms with Gasteiger partial charge in [0.15, 0.2) is 0 Å². The minimum absolute atomic E-state index is 0. The molecule has 0 heterocycles. The minimum Gasteiger partial charge on any atom is -0.197 e. The molecule has 0 aliphatic carbocycles. The summed E-state index contributed by atoms with van der Waals surface area (Å²) in [4.78, 5) is 4.00. The normalized spacial score (nSPS) is 8.86. The lowest BCUT2D eigenvalue weighted by Crippen LogP contribution is -1.71. The summed E-state index contributed by atoms with van der Waals surface area (Å²) in [6.45, 7) is 0. The lowest BCUT2D eigenvalue weighted by molar-refractivity contribution is 1.60. The second-order valence-electron chi connectivity index (χ2n) is 2.70. The number of aliphatic imine (C=N–C) groups is 1. The third kappa shape index (κ3) is 2.02. The fourth-order valence-corrected chi connectivity index (χ4v) is 1.45. The Balaban J connectivity index is 0.000000980. The van der Waals surface area contributed by atoms with E-state index in [-0.39, 0.29) is 13.5 Å². The lowest BCUT2D eigenvalue weighted by Gasteiger charge is -1.98. The highest BCUT2D eigenvalue weighted by molar-refractivity contribution is 7.78. The van der Waals surface area contributed by atoms with E-state index < -0.39 is 0 Å². The van der Waals surface area contributed by atoms with Crippen molar-refractivity contribution in [1.82, 2.24) is 0 Å². The summed E-state index contributed by atoms with van der Waals surface area (Å²) in [6, 6.07) is 14.0. The van der Waals surface area contributed by atoms with Gasteiger partial charge in [0, 0.05) is 5.39 Å². The van der Waals surface area contributed by atoms with Crippen LogP contribution in [0.3, 0.4) is 0 Å². The van der Waals surface area contributed by atoms with Gasteiger partial charge in [-0.1, -0.05) is 36.4 Å². The molecule has 0 atom stereocenters. The van der Waals surface area contributed by atoms with Gasteiger partial charge in [-0.2, -0.15) is 18.5 Å². The summed E-state index contributed by atoms with van der Waals surface area (Å²) >= 11 is 4.58. The zero-order chi connectivity index (χ0) is 9.10. The van der Waals surface area contributed by atoms with Gasteiger partial charge in [-0.25, -0.2) is 0 Å². The van der Waals surface area contributed by atoms with Crippen LogP contribution in [0.4, 0.5) is 5.69 Å². The monoisotopic (exact) mass is 219 g/mol. The molecule has 0 aliphatic rings. The first-order chi connectivity index (χ1) is 6.42. The number of fused-ring (bicyclic) bond motifs is 1. The van der Waals surface area contributed by atoms with Crippen LogP contribution in [-0.4, -0.2) is 5.16 Å². The Morgan fingerprint density at radius 3 is 2.50 bits per heavy atom. The van der Waals surface area contributed by atoms with E-state index in [1.54, 1.807) is 0 Å². The zero-order valence-electron chi connectivity index (χ0n) is 7.40. The molecule has 0 bridgehead atoms. The third-order valence-corrected chi connectivity index (χ3v) is 2.02. The summed E-state index contributed by atoms with van der Waals surface area (Å²) in [5.41, 5.74) is 0.883. The second-order valence-corrected chi connectivity index (χ2v) is 2.88. The number of benzene rings is 2. The standard InChI is InChI=1S/C11H7NS.H2S/c13-8-12-11-7-3-5-9-4-1-2-6-10(9)11;/h1-7H;1H2. The molecule has 0 unspecified atom stereocenters. The van der Waals surface area contributed by atoms with Crippen LogP contribution in [0.1, 0.15) is 0 Å². The molecule has 1 nitrogen and oxygen atoms in total. The van der Waals surface area contributed by atoms with Crippen molar-refractivity contribution in [2.75, 3.05) is 0 Å². The van der Waals surface area contributed by atoms with Gasteiger partial charge >= 0.3 is 0 Å². The molecule has 0 radical (unpaired) electrons. The smallest absolute Gasteiger partial charge is 0.0817 e. The van der Waals surface area contributed by atoms with Crippen LogP contribution >= 0.6 is 25.7 Å². The fraction of sp³-hybridized carbons (Fsp3) is 0. The Bertz CT molecular complexity index is 482. The van der Waals surface area contributed by atoms with Gasteiger partial charge < -0.3 is 0 Å². The van der Waals surface area contributed by atoms with Crippen LogP contribution in [0.2, 0.25) is 0 Å². The van der Waals surface area contributed by atoms with E-state index >= 15 is 0 Å². The van der Waals surface area contributed by atoms with Gasteiger partial charge in [0.1, 0.15) is 0 Å². The van der Waals surface area contributed by atoms with Crippen molar-refractivity contribution in [2.45, 2.75) is 0 Å². The summed E-state index contributed by atoms with van der Waals surface area (Å²) in [5.74, 6) is 0.